The average Bonchev–Trinajstić information content (AvgIpc) is 3.51. The zero-order valence-electron chi connectivity index (χ0n) is 20.7. The lowest BCUT2D eigenvalue weighted by Crippen LogP contribution is -2.26. The van der Waals surface area contributed by atoms with E-state index in [1.54, 1.807) is 12.1 Å². The monoisotopic (exact) mass is 543 g/mol. The highest BCUT2D eigenvalue weighted by molar-refractivity contribution is 7.93. The van der Waals surface area contributed by atoms with Crippen LogP contribution in [0.1, 0.15) is 43.7 Å². The molecule has 0 amide bonds. The van der Waals surface area contributed by atoms with Crippen molar-refractivity contribution < 1.29 is 31.5 Å². The van der Waals surface area contributed by atoms with Gasteiger partial charge >= 0.3 is 0 Å². The Labute approximate surface area is 217 Å². The maximum Gasteiger partial charge on any atom is 0.270 e. The van der Waals surface area contributed by atoms with Gasteiger partial charge in [-0.1, -0.05) is 11.2 Å². The van der Waals surface area contributed by atoms with Crippen LogP contribution in [0, 0.1) is 5.82 Å². The molecule has 0 saturated heterocycles. The first-order chi connectivity index (χ1) is 18.4. The van der Waals surface area contributed by atoms with Crippen molar-refractivity contribution in [1.29, 1.82) is 0 Å². The van der Waals surface area contributed by atoms with Crippen molar-refractivity contribution in [3.05, 3.63) is 41.8 Å². The minimum absolute atomic E-state index is 0.0242. The maximum atomic E-state index is 15.5. The fourth-order valence-corrected chi connectivity index (χ4v) is 5.70. The first-order valence-corrected chi connectivity index (χ1v) is 13.7. The number of nitrogens with one attached hydrogen (secondary N) is 3. The fraction of sp³-hybridized carbons (Fsp3) is 0.360. The molecule has 0 unspecified atom stereocenters. The molecule has 2 heterocycles. The molecule has 0 radical (unpaired) electrons. The molecule has 3 N–H and O–H groups in total. The van der Waals surface area contributed by atoms with Gasteiger partial charge in [0.25, 0.3) is 10.0 Å². The van der Waals surface area contributed by atoms with E-state index in [1.165, 1.54) is 26.4 Å². The van der Waals surface area contributed by atoms with Gasteiger partial charge in [-0.2, -0.15) is 5.10 Å². The smallest absolute Gasteiger partial charge is 0.270 e. The van der Waals surface area contributed by atoms with Crippen molar-refractivity contribution in [2.24, 2.45) is 0 Å². The summed E-state index contributed by atoms with van der Waals surface area (Å²) in [6.07, 6.45) is 4.81. The lowest BCUT2D eigenvalue weighted by molar-refractivity contribution is 0.116. The highest BCUT2D eigenvalue weighted by atomic mass is 32.2. The zero-order chi connectivity index (χ0) is 26.4. The van der Waals surface area contributed by atoms with Crippen LogP contribution in [0.25, 0.3) is 11.0 Å². The van der Waals surface area contributed by atoms with E-state index in [1.807, 2.05) is 6.07 Å². The Morgan fingerprint density at radius 2 is 1.89 bits per heavy atom. The number of methoxy groups -OCH3 is 2. The predicted octanol–water partition coefficient (Wildman–Crippen LogP) is 5.06. The minimum Gasteiger partial charge on any atom is -0.495 e. The number of nitrogens with zero attached hydrogens (tertiary/aromatic N) is 2. The van der Waals surface area contributed by atoms with E-state index in [0.717, 1.165) is 37.8 Å². The number of aromatic nitrogens is 3. The van der Waals surface area contributed by atoms with E-state index in [-0.39, 0.29) is 50.7 Å². The molecule has 6 rings (SSSR count). The van der Waals surface area contributed by atoms with E-state index >= 15 is 4.39 Å². The summed E-state index contributed by atoms with van der Waals surface area (Å²) in [4.78, 5) is -0.187. The summed E-state index contributed by atoms with van der Waals surface area (Å²) >= 11 is 0. The fourth-order valence-electron chi connectivity index (χ4n) is 4.40. The number of hydrogen-bond donors (Lipinski definition) is 3. The van der Waals surface area contributed by atoms with Crippen molar-refractivity contribution in [3.8, 4) is 17.2 Å². The Morgan fingerprint density at radius 3 is 2.58 bits per heavy atom. The molecule has 38 heavy (non-hydrogen) atoms. The van der Waals surface area contributed by atoms with Crippen molar-refractivity contribution in [3.63, 3.8) is 0 Å². The second-order valence-electron chi connectivity index (χ2n) is 9.35. The van der Waals surface area contributed by atoms with E-state index in [4.69, 9.17) is 18.7 Å². The summed E-state index contributed by atoms with van der Waals surface area (Å²) < 4.78 is 67.1. The van der Waals surface area contributed by atoms with Crippen LogP contribution in [0.2, 0.25) is 0 Å². The Hall–Kier alpha value is -4.00. The number of anilines is 3. The number of halogens is 1. The third kappa shape index (κ3) is 4.36. The molecule has 2 fully saturated rings. The summed E-state index contributed by atoms with van der Waals surface area (Å²) in [7, 11) is -1.66. The van der Waals surface area contributed by atoms with Gasteiger partial charge in [0.2, 0.25) is 0 Å². The molecule has 13 heteroatoms. The highest BCUT2D eigenvalue weighted by Gasteiger charge is 2.31. The molecule has 2 aliphatic carbocycles. The van der Waals surface area contributed by atoms with Crippen molar-refractivity contribution in [2.45, 2.75) is 49.0 Å². The lowest BCUT2D eigenvalue weighted by Gasteiger charge is -2.27. The Kier molecular flexibility index (Phi) is 6.01. The molecule has 4 aromatic rings. The molecular weight excluding hydrogens is 517 g/mol. The van der Waals surface area contributed by atoms with Crippen LogP contribution in [0.4, 0.5) is 21.7 Å². The minimum atomic E-state index is -4.30. The molecule has 2 saturated carbocycles. The molecule has 0 spiro atoms. The van der Waals surface area contributed by atoms with E-state index in [2.05, 4.69) is 25.4 Å². The van der Waals surface area contributed by atoms with Gasteiger partial charge in [0.15, 0.2) is 33.7 Å². The van der Waals surface area contributed by atoms with E-state index < -0.39 is 15.8 Å². The van der Waals surface area contributed by atoms with Gasteiger partial charge in [0, 0.05) is 23.7 Å². The molecule has 0 aliphatic heterocycles. The quantitative estimate of drug-likeness (QED) is 0.250. The summed E-state index contributed by atoms with van der Waals surface area (Å²) in [5.41, 5.74) is 1.12. The van der Waals surface area contributed by atoms with Gasteiger partial charge in [-0.05, 0) is 44.2 Å². The van der Waals surface area contributed by atoms with Gasteiger partial charge in [0.05, 0.1) is 26.0 Å². The number of ether oxygens (including phenoxy) is 3. The number of hydrogen-bond acceptors (Lipinski definition) is 9. The number of rotatable bonds is 10. The third-order valence-electron chi connectivity index (χ3n) is 6.75. The van der Waals surface area contributed by atoms with Crippen LogP contribution < -0.4 is 24.2 Å². The summed E-state index contributed by atoms with van der Waals surface area (Å²) in [6, 6.07) is 7.93. The SMILES string of the molecule is COc1cccc(OC2CCC2)c1S(=O)(=O)Nc1noc2cc(Nc3cc(C4CC4)[nH]n3)c(F)c(OC)c12. The zero-order valence-corrected chi connectivity index (χ0v) is 21.5. The molecular formula is C25H26FN5O6S. The number of sulfonamides is 1. The molecule has 200 valence electrons. The first kappa shape index (κ1) is 24.3. The molecule has 0 atom stereocenters. The summed E-state index contributed by atoms with van der Waals surface area (Å²) in [5, 5.41) is 14.0. The second-order valence-corrected chi connectivity index (χ2v) is 11.0. The molecule has 2 aliphatic rings. The third-order valence-corrected chi connectivity index (χ3v) is 8.15. The van der Waals surface area contributed by atoms with E-state index in [0.29, 0.717) is 11.7 Å². The van der Waals surface area contributed by atoms with Gasteiger partial charge in [-0.25, -0.2) is 12.8 Å². The maximum absolute atomic E-state index is 15.5. The number of aromatic amines is 1. The molecule has 2 aromatic heterocycles. The molecule has 0 bridgehead atoms. The van der Waals surface area contributed by atoms with Crippen molar-refractivity contribution in [2.75, 3.05) is 24.3 Å². The number of H-pyrrole nitrogens is 1. The van der Waals surface area contributed by atoms with Crippen LogP contribution in [-0.2, 0) is 10.0 Å². The lowest BCUT2D eigenvalue weighted by atomic mass is 9.96. The predicted molar refractivity (Wildman–Crippen MR) is 136 cm³/mol. The Balaban J connectivity index is 1.35. The van der Waals surface area contributed by atoms with Crippen LogP contribution in [0.15, 0.2) is 39.8 Å². The Morgan fingerprint density at radius 1 is 1.11 bits per heavy atom. The second kappa shape index (κ2) is 9.39. The van der Waals surface area contributed by atoms with Gasteiger partial charge in [0.1, 0.15) is 16.9 Å². The number of benzene rings is 2. The molecule has 2 aromatic carbocycles. The largest absolute Gasteiger partial charge is 0.495 e. The van der Waals surface area contributed by atoms with Gasteiger partial charge in [-0.3, -0.25) is 9.82 Å². The summed E-state index contributed by atoms with van der Waals surface area (Å²) in [5.74, 6) is -0.104. The van der Waals surface area contributed by atoms with Crippen LogP contribution >= 0.6 is 0 Å². The van der Waals surface area contributed by atoms with E-state index in [9.17, 15) is 8.42 Å². The summed E-state index contributed by atoms with van der Waals surface area (Å²) in [6.45, 7) is 0. The average molecular weight is 544 g/mol. The standard InChI is InChI=1S/C25H26FN5O6S/c1-34-17-7-4-8-18(36-14-5-3-6-14)24(17)38(32,33)31-25-21-19(37-30-25)11-16(22(26)23(21)35-2)27-20-12-15(28-29-20)13-9-10-13/h4,7-8,11-14H,3,5-6,9-10H2,1-2H3,(H,30,31)(H2,27,28,29). The van der Waals surface area contributed by atoms with Crippen LogP contribution in [0.3, 0.4) is 0 Å². The highest BCUT2D eigenvalue weighted by Crippen LogP contribution is 2.43. The van der Waals surface area contributed by atoms with Crippen LogP contribution in [-0.4, -0.2) is 44.1 Å². The van der Waals surface area contributed by atoms with Crippen molar-refractivity contribution in [1.82, 2.24) is 15.4 Å². The van der Waals surface area contributed by atoms with Crippen molar-refractivity contribution >= 4 is 38.3 Å². The number of fused-ring (bicyclic) bond motifs is 1. The topological polar surface area (TPSA) is 141 Å². The first-order valence-electron chi connectivity index (χ1n) is 12.2. The molecule has 11 nitrogen and oxygen atoms in total. The van der Waals surface area contributed by atoms with Gasteiger partial charge in [-0.15, -0.1) is 0 Å². The Bertz CT molecular complexity index is 1610. The normalized spacial score (nSPS) is 15.8. The van der Waals surface area contributed by atoms with Crippen LogP contribution in [0.5, 0.6) is 17.2 Å². The van der Waals surface area contributed by atoms with Gasteiger partial charge < -0.3 is 24.1 Å².